The molecule has 0 unspecified atom stereocenters. The first-order valence-electron chi connectivity index (χ1n) is 15.4. The van der Waals surface area contributed by atoms with Gasteiger partial charge < -0.3 is 21.5 Å². The fourth-order valence-electron chi connectivity index (χ4n) is 5.05. The summed E-state index contributed by atoms with van der Waals surface area (Å²) < 4.78 is 1.25. The van der Waals surface area contributed by atoms with Crippen molar-refractivity contribution in [3.63, 3.8) is 0 Å². The van der Waals surface area contributed by atoms with Gasteiger partial charge in [-0.3, -0.25) is 0 Å². The predicted molar refractivity (Wildman–Crippen MR) is 149 cm³/mol. The first-order chi connectivity index (χ1) is 15.6. The maximum Gasteiger partial charge on any atom is 0.0782 e. The van der Waals surface area contributed by atoms with E-state index in [1.165, 1.54) is 178 Å². The molecule has 202 valence electrons. The first-order valence-corrected chi connectivity index (χ1v) is 15.4. The van der Waals surface area contributed by atoms with Gasteiger partial charge in [-0.15, -0.1) is 0 Å². The number of halogens is 1. The second kappa shape index (κ2) is 28.7. The number of hydrogen-bond donors (Lipinski definition) is 0. The van der Waals surface area contributed by atoms with Crippen LogP contribution < -0.4 is 17.0 Å². The van der Waals surface area contributed by atoms with E-state index in [1.54, 1.807) is 0 Å². The van der Waals surface area contributed by atoms with E-state index in [0.29, 0.717) is 0 Å². The van der Waals surface area contributed by atoms with Crippen molar-refractivity contribution in [2.45, 2.75) is 174 Å². The van der Waals surface area contributed by atoms with Crippen molar-refractivity contribution in [2.75, 3.05) is 27.2 Å². The standard InChI is InChI=1S/C31H66N.BrH/c1-5-7-9-11-13-15-17-19-21-23-25-27-29-31-32(3,4)30-28-26-24-22-20-18-16-14-12-10-8-6-2;/h5-31H2,1-4H3;1H/q+1;/p-1. The number of rotatable bonds is 27. The third-order valence-corrected chi connectivity index (χ3v) is 7.48. The molecule has 0 spiro atoms. The van der Waals surface area contributed by atoms with Crippen molar-refractivity contribution in [1.29, 1.82) is 0 Å². The van der Waals surface area contributed by atoms with Gasteiger partial charge in [0, 0.05) is 0 Å². The Labute approximate surface area is 222 Å². The molecule has 0 heterocycles. The zero-order valence-corrected chi connectivity index (χ0v) is 25.5. The maximum atomic E-state index is 2.46. The van der Waals surface area contributed by atoms with Crippen LogP contribution >= 0.6 is 0 Å². The molecule has 0 amide bonds. The normalized spacial score (nSPS) is 11.6. The van der Waals surface area contributed by atoms with Crippen LogP contribution in [0.4, 0.5) is 0 Å². The highest BCUT2D eigenvalue weighted by atomic mass is 79.9. The Hall–Kier alpha value is 0.440. The molecule has 0 aliphatic rings. The average Bonchev–Trinajstić information content (AvgIpc) is 2.77. The van der Waals surface area contributed by atoms with Crippen LogP contribution in [0.3, 0.4) is 0 Å². The predicted octanol–water partition coefficient (Wildman–Crippen LogP) is 7.86. The second-order valence-corrected chi connectivity index (χ2v) is 11.5. The van der Waals surface area contributed by atoms with Crippen LogP contribution in [0, 0.1) is 0 Å². The van der Waals surface area contributed by atoms with E-state index >= 15 is 0 Å². The minimum atomic E-state index is 0. The molecule has 0 aromatic heterocycles. The zero-order chi connectivity index (χ0) is 23.6. The number of nitrogens with zero attached hydrogens (tertiary/aromatic N) is 1. The third kappa shape index (κ3) is 30.4. The van der Waals surface area contributed by atoms with E-state index in [2.05, 4.69) is 27.9 Å². The van der Waals surface area contributed by atoms with E-state index < -0.39 is 0 Å². The van der Waals surface area contributed by atoms with Gasteiger partial charge in [0.25, 0.3) is 0 Å². The molecule has 0 aromatic rings. The largest absolute Gasteiger partial charge is 1.00 e. The smallest absolute Gasteiger partial charge is 0.0782 e. The van der Waals surface area contributed by atoms with Crippen LogP contribution in [0.25, 0.3) is 0 Å². The van der Waals surface area contributed by atoms with Gasteiger partial charge in [0.05, 0.1) is 27.2 Å². The molecule has 0 aromatic carbocycles. The lowest BCUT2D eigenvalue weighted by atomic mass is 10.0. The van der Waals surface area contributed by atoms with Gasteiger partial charge in [-0.05, 0) is 25.7 Å². The average molecular weight is 533 g/mol. The number of hydrogen-bond acceptors (Lipinski definition) is 0. The summed E-state index contributed by atoms with van der Waals surface area (Å²) in [5.74, 6) is 0. The van der Waals surface area contributed by atoms with E-state index in [1.807, 2.05) is 0 Å². The molecule has 0 saturated heterocycles. The summed E-state index contributed by atoms with van der Waals surface area (Å²) in [6, 6.07) is 0. The highest BCUT2D eigenvalue weighted by molar-refractivity contribution is 4.51. The van der Waals surface area contributed by atoms with Gasteiger partial charge in [-0.1, -0.05) is 149 Å². The molecular weight excluding hydrogens is 466 g/mol. The van der Waals surface area contributed by atoms with Gasteiger partial charge in [0.1, 0.15) is 0 Å². The molecule has 0 rings (SSSR count). The minimum absolute atomic E-state index is 0. The minimum Gasteiger partial charge on any atom is -1.00 e. The zero-order valence-electron chi connectivity index (χ0n) is 23.9. The first kappa shape index (κ1) is 35.6. The van der Waals surface area contributed by atoms with E-state index in [-0.39, 0.29) is 17.0 Å². The highest BCUT2D eigenvalue weighted by Crippen LogP contribution is 2.15. The lowest BCUT2D eigenvalue weighted by Crippen LogP contribution is -3.00. The fourth-order valence-corrected chi connectivity index (χ4v) is 5.05. The lowest BCUT2D eigenvalue weighted by Gasteiger charge is -2.30. The van der Waals surface area contributed by atoms with Crippen molar-refractivity contribution in [3.8, 4) is 0 Å². The van der Waals surface area contributed by atoms with Gasteiger partial charge in [-0.25, -0.2) is 0 Å². The fraction of sp³-hybridized carbons (Fsp3) is 1.00. The van der Waals surface area contributed by atoms with Crippen molar-refractivity contribution in [2.24, 2.45) is 0 Å². The molecule has 0 saturated carbocycles. The SMILES string of the molecule is CCCCCCCCCCCCCCC[N+](C)(C)CCCCCCCCCCCCCC.[Br-]. The van der Waals surface area contributed by atoms with Gasteiger partial charge in [0.2, 0.25) is 0 Å². The molecule has 2 heteroatoms. The summed E-state index contributed by atoms with van der Waals surface area (Å²) in [4.78, 5) is 0. The van der Waals surface area contributed by atoms with E-state index in [4.69, 9.17) is 0 Å². The van der Waals surface area contributed by atoms with Crippen LogP contribution in [0.2, 0.25) is 0 Å². The number of quaternary nitrogens is 1. The molecule has 0 bridgehead atoms. The summed E-state index contributed by atoms with van der Waals surface area (Å²) in [6.45, 7) is 7.38. The molecule has 1 nitrogen and oxygen atoms in total. The Morgan fingerprint density at radius 3 is 0.697 bits per heavy atom. The van der Waals surface area contributed by atoms with Crippen molar-refractivity contribution >= 4 is 0 Å². The molecule has 0 fully saturated rings. The molecule has 33 heavy (non-hydrogen) atoms. The van der Waals surface area contributed by atoms with Crippen LogP contribution in [0.15, 0.2) is 0 Å². The Bertz CT molecular complexity index is 342. The summed E-state index contributed by atoms with van der Waals surface area (Å²) in [7, 11) is 4.91. The van der Waals surface area contributed by atoms with Crippen LogP contribution in [-0.4, -0.2) is 31.7 Å². The Morgan fingerprint density at radius 2 is 0.485 bits per heavy atom. The summed E-state index contributed by atoms with van der Waals surface area (Å²) in [5, 5.41) is 0. The quantitative estimate of drug-likeness (QED) is 0.0746. The van der Waals surface area contributed by atoms with Gasteiger partial charge >= 0.3 is 0 Å². The van der Waals surface area contributed by atoms with Gasteiger partial charge in [0.15, 0.2) is 0 Å². The van der Waals surface area contributed by atoms with Crippen molar-refractivity contribution in [3.05, 3.63) is 0 Å². The molecule has 0 aliphatic heterocycles. The van der Waals surface area contributed by atoms with Crippen LogP contribution in [0.1, 0.15) is 174 Å². The molecule has 0 N–H and O–H groups in total. The third-order valence-electron chi connectivity index (χ3n) is 7.48. The monoisotopic (exact) mass is 531 g/mol. The summed E-state index contributed by atoms with van der Waals surface area (Å²) in [5.41, 5.74) is 0. The second-order valence-electron chi connectivity index (χ2n) is 11.5. The molecule has 0 atom stereocenters. The van der Waals surface area contributed by atoms with E-state index in [0.717, 1.165) is 0 Å². The Balaban J connectivity index is 0. The highest BCUT2D eigenvalue weighted by Gasteiger charge is 2.13. The molecule has 0 radical (unpaired) electrons. The van der Waals surface area contributed by atoms with Crippen LogP contribution in [0.5, 0.6) is 0 Å². The summed E-state index contributed by atoms with van der Waals surface area (Å²) in [6.07, 6.45) is 36.5. The maximum absolute atomic E-state index is 2.46. The van der Waals surface area contributed by atoms with Gasteiger partial charge in [-0.2, -0.15) is 0 Å². The topological polar surface area (TPSA) is 0 Å². The summed E-state index contributed by atoms with van der Waals surface area (Å²) >= 11 is 0. The Morgan fingerprint density at radius 1 is 0.303 bits per heavy atom. The van der Waals surface area contributed by atoms with Crippen molar-refractivity contribution < 1.29 is 21.5 Å². The Kier molecular flexibility index (Phi) is 30.9. The molecular formula is C31H66BrN. The molecule has 0 aliphatic carbocycles. The van der Waals surface area contributed by atoms with E-state index in [9.17, 15) is 0 Å². The van der Waals surface area contributed by atoms with Crippen LogP contribution in [-0.2, 0) is 0 Å². The van der Waals surface area contributed by atoms with Crippen molar-refractivity contribution in [1.82, 2.24) is 0 Å². The number of unbranched alkanes of at least 4 members (excludes halogenated alkanes) is 23. The lowest BCUT2D eigenvalue weighted by molar-refractivity contribution is -0.890.